The van der Waals surface area contributed by atoms with E-state index in [2.05, 4.69) is 4.99 Å². The van der Waals surface area contributed by atoms with Crippen LogP contribution in [0, 0.1) is 10.1 Å². The first kappa shape index (κ1) is 23.4. The van der Waals surface area contributed by atoms with Gasteiger partial charge >= 0.3 is 11.9 Å². The van der Waals surface area contributed by atoms with Gasteiger partial charge in [0.25, 0.3) is 5.69 Å². The first-order valence-electron chi connectivity index (χ1n) is 10.7. The molecular formula is C26H20N2O7. The van der Waals surface area contributed by atoms with Gasteiger partial charge in [-0.25, -0.2) is 9.79 Å². The van der Waals surface area contributed by atoms with Gasteiger partial charge in [-0.3, -0.25) is 14.9 Å². The molecule has 0 saturated carbocycles. The van der Waals surface area contributed by atoms with E-state index in [0.29, 0.717) is 23.5 Å². The number of nitro groups is 1. The largest absolute Gasteiger partial charge is 0.490 e. The van der Waals surface area contributed by atoms with Crippen molar-refractivity contribution in [3.05, 3.63) is 105 Å². The highest BCUT2D eigenvalue weighted by molar-refractivity contribution is 6.12. The van der Waals surface area contributed by atoms with Crippen LogP contribution in [0.15, 0.2) is 83.5 Å². The lowest BCUT2D eigenvalue weighted by atomic mass is 10.1. The number of carbonyl (C=O) groups is 2. The highest BCUT2D eigenvalue weighted by atomic mass is 16.6. The first-order valence-corrected chi connectivity index (χ1v) is 10.7. The zero-order chi connectivity index (χ0) is 24.8. The molecule has 1 heterocycles. The van der Waals surface area contributed by atoms with E-state index in [1.807, 2.05) is 30.3 Å². The third-order valence-electron chi connectivity index (χ3n) is 4.93. The standard InChI is InChI=1S/C26H20N2O7/c1-2-33-23-15-18(8-13-22(23)34-24(29)16-17-6-4-3-5-7-17)14-21-26(30)35-25(27-21)19-9-11-20(12-10-19)28(31)32/h3-15H,2,16H2,1H3/b21-14+. The molecule has 0 unspecified atom stereocenters. The van der Waals surface area contributed by atoms with Crippen LogP contribution < -0.4 is 9.47 Å². The smallest absolute Gasteiger partial charge is 0.363 e. The van der Waals surface area contributed by atoms with Gasteiger partial charge in [0.15, 0.2) is 17.2 Å². The van der Waals surface area contributed by atoms with Crippen molar-refractivity contribution < 1.29 is 28.7 Å². The van der Waals surface area contributed by atoms with E-state index in [4.69, 9.17) is 14.2 Å². The molecule has 0 aliphatic carbocycles. The Morgan fingerprint density at radius 3 is 2.49 bits per heavy atom. The molecule has 3 aromatic carbocycles. The van der Waals surface area contributed by atoms with E-state index in [9.17, 15) is 19.7 Å². The maximum absolute atomic E-state index is 12.4. The van der Waals surface area contributed by atoms with Crippen LogP contribution in [-0.2, 0) is 20.7 Å². The number of rotatable bonds is 8. The van der Waals surface area contributed by atoms with Crippen molar-refractivity contribution in [2.75, 3.05) is 6.61 Å². The number of hydrogen-bond acceptors (Lipinski definition) is 8. The number of non-ortho nitro benzene ring substituents is 1. The molecule has 0 aromatic heterocycles. The van der Waals surface area contributed by atoms with Gasteiger partial charge in [0.1, 0.15) is 0 Å². The van der Waals surface area contributed by atoms with Crippen molar-refractivity contribution in [2.24, 2.45) is 4.99 Å². The van der Waals surface area contributed by atoms with Crippen LogP contribution in [0.4, 0.5) is 5.69 Å². The summed E-state index contributed by atoms with van der Waals surface area (Å²) in [6.45, 7) is 2.14. The zero-order valence-corrected chi connectivity index (χ0v) is 18.7. The lowest BCUT2D eigenvalue weighted by molar-refractivity contribution is -0.384. The fourth-order valence-electron chi connectivity index (χ4n) is 3.30. The van der Waals surface area contributed by atoms with Gasteiger partial charge in [0.2, 0.25) is 5.90 Å². The van der Waals surface area contributed by atoms with E-state index in [1.54, 1.807) is 25.1 Å². The lowest BCUT2D eigenvalue weighted by Gasteiger charge is -2.11. The number of nitrogens with zero attached hydrogens (tertiary/aromatic N) is 2. The number of hydrogen-bond donors (Lipinski definition) is 0. The van der Waals surface area contributed by atoms with Gasteiger partial charge in [0, 0.05) is 17.7 Å². The van der Waals surface area contributed by atoms with E-state index in [-0.39, 0.29) is 29.5 Å². The second kappa shape index (κ2) is 10.4. The summed E-state index contributed by atoms with van der Waals surface area (Å²) in [5.74, 6) is -0.435. The Labute approximate surface area is 200 Å². The summed E-state index contributed by atoms with van der Waals surface area (Å²) >= 11 is 0. The number of aliphatic imine (C=N–C) groups is 1. The van der Waals surface area contributed by atoms with Crippen LogP contribution in [0.25, 0.3) is 6.08 Å². The van der Waals surface area contributed by atoms with E-state index < -0.39 is 16.9 Å². The third kappa shape index (κ3) is 5.77. The Morgan fingerprint density at radius 1 is 1.06 bits per heavy atom. The minimum Gasteiger partial charge on any atom is -0.490 e. The average Bonchev–Trinajstić information content (AvgIpc) is 3.21. The van der Waals surface area contributed by atoms with Gasteiger partial charge in [-0.2, -0.15) is 0 Å². The minimum atomic E-state index is -0.658. The van der Waals surface area contributed by atoms with Crippen LogP contribution in [0.2, 0.25) is 0 Å². The van der Waals surface area contributed by atoms with Crippen molar-refractivity contribution >= 4 is 29.6 Å². The summed E-state index contributed by atoms with van der Waals surface area (Å²) in [7, 11) is 0. The highest BCUT2D eigenvalue weighted by Crippen LogP contribution is 2.30. The molecule has 35 heavy (non-hydrogen) atoms. The highest BCUT2D eigenvalue weighted by Gasteiger charge is 2.25. The van der Waals surface area contributed by atoms with Gasteiger partial charge in [0.05, 0.1) is 18.0 Å². The number of esters is 2. The van der Waals surface area contributed by atoms with Crippen LogP contribution in [-0.4, -0.2) is 29.4 Å². The lowest BCUT2D eigenvalue weighted by Crippen LogP contribution is -2.12. The second-order valence-electron chi connectivity index (χ2n) is 7.42. The molecule has 9 heteroatoms. The zero-order valence-electron chi connectivity index (χ0n) is 18.7. The molecule has 0 spiro atoms. The van der Waals surface area contributed by atoms with Crippen molar-refractivity contribution in [2.45, 2.75) is 13.3 Å². The molecule has 1 aliphatic rings. The fraction of sp³-hybridized carbons (Fsp3) is 0.115. The van der Waals surface area contributed by atoms with Crippen molar-refractivity contribution in [1.29, 1.82) is 0 Å². The Hall–Kier alpha value is -4.79. The summed E-state index contributed by atoms with van der Waals surface area (Å²) in [5, 5.41) is 10.8. The molecular weight excluding hydrogens is 452 g/mol. The van der Waals surface area contributed by atoms with E-state index in [1.165, 1.54) is 30.3 Å². The molecule has 0 saturated heterocycles. The Morgan fingerprint density at radius 2 is 1.80 bits per heavy atom. The fourth-order valence-corrected chi connectivity index (χ4v) is 3.30. The third-order valence-corrected chi connectivity index (χ3v) is 4.93. The normalized spacial score (nSPS) is 13.8. The first-order chi connectivity index (χ1) is 16.9. The van der Waals surface area contributed by atoms with Gasteiger partial charge in [-0.1, -0.05) is 36.4 Å². The number of ether oxygens (including phenoxy) is 3. The molecule has 9 nitrogen and oxygen atoms in total. The van der Waals surface area contributed by atoms with E-state index >= 15 is 0 Å². The second-order valence-corrected chi connectivity index (χ2v) is 7.42. The Balaban J connectivity index is 1.53. The van der Waals surface area contributed by atoms with Crippen LogP contribution >= 0.6 is 0 Å². The van der Waals surface area contributed by atoms with Crippen LogP contribution in [0.5, 0.6) is 11.5 Å². The summed E-state index contributed by atoms with van der Waals surface area (Å²) in [4.78, 5) is 39.2. The molecule has 3 aromatic rings. The van der Waals surface area contributed by atoms with Gasteiger partial charge < -0.3 is 14.2 Å². The predicted octanol–water partition coefficient (Wildman–Crippen LogP) is 4.49. The van der Waals surface area contributed by atoms with Crippen molar-refractivity contribution in [3.63, 3.8) is 0 Å². The molecule has 0 N–H and O–H groups in total. The number of benzene rings is 3. The molecule has 0 atom stereocenters. The maximum atomic E-state index is 12.4. The average molecular weight is 472 g/mol. The molecule has 0 radical (unpaired) electrons. The monoisotopic (exact) mass is 472 g/mol. The molecule has 176 valence electrons. The van der Waals surface area contributed by atoms with Crippen molar-refractivity contribution in [3.8, 4) is 11.5 Å². The van der Waals surface area contributed by atoms with Gasteiger partial charge in [-0.15, -0.1) is 0 Å². The van der Waals surface area contributed by atoms with Gasteiger partial charge in [-0.05, 0) is 48.4 Å². The molecule has 4 rings (SSSR count). The van der Waals surface area contributed by atoms with E-state index in [0.717, 1.165) is 5.56 Å². The van der Waals surface area contributed by atoms with Crippen LogP contribution in [0.1, 0.15) is 23.6 Å². The summed E-state index contributed by atoms with van der Waals surface area (Å²) in [6, 6.07) is 19.6. The minimum absolute atomic E-state index is 0.0487. The molecule has 0 bridgehead atoms. The molecule has 0 fully saturated rings. The number of nitro benzene ring substituents is 1. The molecule has 0 amide bonds. The SMILES string of the molecule is CCOc1cc(/C=C2/N=C(c3ccc([N+](=O)[O-])cc3)OC2=O)ccc1OC(=O)Cc1ccccc1. The Bertz CT molecular complexity index is 1330. The number of carbonyl (C=O) groups excluding carboxylic acids is 2. The summed E-state index contributed by atoms with van der Waals surface area (Å²) in [5.41, 5.74) is 1.82. The summed E-state index contributed by atoms with van der Waals surface area (Å²) < 4.78 is 16.3. The topological polar surface area (TPSA) is 117 Å². The van der Waals surface area contributed by atoms with Crippen LogP contribution in [0.3, 0.4) is 0 Å². The summed E-state index contributed by atoms with van der Waals surface area (Å²) in [6.07, 6.45) is 1.63. The predicted molar refractivity (Wildman–Crippen MR) is 127 cm³/mol. The van der Waals surface area contributed by atoms with Crippen molar-refractivity contribution in [1.82, 2.24) is 0 Å². The number of cyclic esters (lactones) is 1. The molecule has 1 aliphatic heterocycles. The maximum Gasteiger partial charge on any atom is 0.363 e. The Kier molecular flexibility index (Phi) is 6.96. The quantitative estimate of drug-likeness (QED) is 0.156.